The van der Waals surface area contributed by atoms with Crippen molar-refractivity contribution in [1.82, 2.24) is 0 Å². The summed E-state index contributed by atoms with van der Waals surface area (Å²) in [6.07, 6.45) is 22.5. The third-order valence-corrected chi connectivity index (χ3v) is 3.95. The van der Waals surface area contributed by atoms with E-state index in [-0.39, 0.29) is 0 Å². The maximum atomic E-state index is 3.95. The predicted molar refractivity (Wildman–Crippen MR) is 89.4 cm³/mol. The topological polar surface area (TPSA) is 0 Å². The summed E-state index contributed by atoms with van der Waals surface area (Å²) < 4.78 is 0. The average Bonchev–Trinajstić information content (AvgIpc) is 2.43. The number of unbranched alkanes of at least 4 members (excludes halogenated alkanes) is 9. The van der Waals surface area contributed by atoms with Gasteiger partial charge in [0.05, 0.1) is 0 Å². The van der Waals surface area contributed by atoms with Crippen molar-refractivity contribution >= 4 is 0 Å². The van der Waals surface area contributed by atoms with Crippen molar-refractivity contribution in [3.8, 4) is 0 Å². The highest BCUT2D eigenvalue weighted by Crippen LogP contribution is 2.13. The fraction of sp³-hybridized carbons (Fsp3) is 0.842. The summed E-state index contributed by atoms with van der Waals surface area (Å²) in [6, 6.07) is 0. The van der Waals surface area contributed by atoms with Crippen molar-refractivity contribution in [3.05, 3.63) is 19.1 Å². The van der Waals surface area contributed by atoms with Gasteiger partial charge in [-0.1, -0.05) is 90.7 Å². The van der Waals surface area contributed by atoms with Gasteiger partial charge < -0.3 is 0 Å². The molecule has 0 aromatic rings. The third kappa shape index (κ3) is 15.7. The molecule has 0 saturated carbocycles. The van der Waals surface area contributed by atoms with Crippen molar-refractivity contribution in [2.75, 3.05) is 0 Å². The molecule has 0 aromatic heterocycles. The minimum atomic E-state index is 0.822. The Balaban J connectivity index is 3.09. The molecular formula is C19H37. The lowest BCUT2D eigenvalue weighted by Gasteiger charge is -2.06. The van der Waals surface area contributed by atoms with E-state index in [1.54, 1.807) is 0 Å². The van der Waals surface area contributed by atoms with E-state index in [1.165, 1.54) is 77.0 Å². The third-order valence-electron chi connectivity index (χ3n) is 3.95. The standard InChI is InChI=1S/C19H37/c1-4-6-7-8-9-10-11-12-13-14-15-16-17-18-19(3)5-2/h12-13,19H,2,4-11,14-18H2,1,3H3/b13-12-. The number of rotatable bonds is 14. The molecule has 0 heteroatoms. The first-order chi connectivity index (χ1) is 9.31. The van der Waals surface area contributed by atoms with Crippen LogP contribution in [0.25, 0.3) is 0 Å². The molecule has 0 amide bonds. The molecule has 0 spiro atoms. The molecule has 0 aliphatic heterocycles. The van der Waals surface area contributed by atoms with Crippen molar-refractivity contribution in [1.29, 1.82) is 0 Å². The molecule has 1 atom stereocenters. The number of hydrogen-bond donors (Lipinski definition) is 0. The van der Waals surface area contributed by atoms with E-state index in [0.717, 1.165) is 12.3 Å². The molecule has 0 nitrogen and oxygen atoms in total. The maximum absolute atomic E-state index is 3.95. The first-order valence-electron chi connectivity index (χ1n) is 8.75. The van der Waals surface area contributed by atoms with E-state index < -0.39 is 0 Å². The van der Waals surface area contributed by atoms with Crippen LogP contribution in [0.1, 0.15) is 97.3 Å². The fourth-order valence-corrected chi connectivity index (χ4v) is 2.35. The SMILES string of the molecule is [CH2]CC(C)CCCCC/C=C\CCCCCCCC. The van der Waals surface area contributed by atoms with Gasteiger partial charge in [0.1, 0.15) is 0 Å². The number of allylic oxidation sites excluding steroid dienone is 2. The van der Waals surface area contributed by atoms with Gasteiger partial charge in [-0.2, -0.15) is 0 Å². The van der Waals surface area contributed by atoms with Crippen LogP contribution in [0.15, 0.2) is 12.2 Å². The van der Waals surface area contributed by atoms with Gasteiger partial charge in [0.15, 0.2) is 0 Å². The zero-order chi connectivity index (χ0) is 14.2. The van der Waals surface area contributed by atoms with Crippen LogP contribution in [0.4, 0.5) is 0 Å². The molecule has 0 fully saturated rings. The van der Waals surface area contributed by atoms with Gasteiger partial charge in [0, 0.05) is 0 Å². The largest absolute Gasteiger partial charge is 0.0885 e. The smallest absolute Gasteiger partial charge is 0.0351 e. The molecule has 0 rings (SSSR count). The zero-order valence-corrected chi connectivity index (χ0v) is 13.6. The Morgan fingerprint density at radius 3 is 1.89 bits per heavy atom. The van der Waals surface area contributed by atoms with E-state index >= 15 is 0 Å². The normalized spacial score (nSPS) is 13.2. The van der Waals surface area contributed by atoms with Crippen LogP contribution >= 0.6 is 0 Å². The van der Waals surface area contributed by atoms with Crippen LogP contribution in [0.2, 0.25) is 0 Å². The summed E-state index contributed by atoms with van der Waals surface area (Å²) in [5, 5.41) is 0. The van der Waals surface area contributed by atoms with E-state index in [1.807, 2.05) is 0 Å². The molecule has 0 heterocycles. The second kappa shape index (κ2) is 15.8. The predicted octanol–water partition coefficient (Wildman–Crippen LogP) is 7.10. The van der Waals surface area contributed by atoms with Crippen LogP contribution in [0.5, 0.6) is 0 Å². The molecule has 0 N–H and O–H groups in total. The Morgan fingerprint density at radius 1 is 0.789 bits per heavy atom. The highest BCUT2D eigenvalue weighted by molar-refractivity contribution is 4.81. The molecular weight excluding hydrogens is 228 g/mol. The van der Waals surface area contributed by atoms with Gasteiger partial charge in [-0.25, -0.2) is 0 Å². The minimum Gasteiger partial charge on any atom is -0.0885 e. The Hall–Kier alpha value is -0.260. The highest BCUT2D eigenvalue weighted by Gasteiger charge is 1.97. The number of hydrogen-bond acceptors (Lipinski definition) is 0. The Kier molecular flexibility index (Phi) is 15.6. The molecule has 1 unspecified atom stereocenters. The highest BCUT2D eigenvalue weighted by atomic mass is 14.0. The van der Waals surface area contributed by atoms with E-state index in [4.69, 9.17) is 0 Å². The fourth-order valence-electron chi connectivity index (χ4n) is 2.35. The molecule has 1 radical (unpaired) electrons. The second-order valence-electron chi connectivity index (χ2n) is 6.06. The summed E-state index contributed by atoms with van der Waals surface area (Å²) >= 11 is 0. The van der Waals surface area contributed by atoms with Gasteiger partial charge in [-0.05, 0) is 31.6 Å². The quantitative estimate of drug-likeness (QED) is 0.232. The van der Waals surface area contributed by atoms with Gasteiger partial charge in [-0.3, -0.25) is 0 Å². The van der Waals surface area contributed by atoms with Crippen molar-refractivity contribution < 1.29 is 0 Å². The van der Waals surface area contributed by atoms with Gasteiger partial charge in [0.2, 0.25) is 0 Å². The minimum absolute atomic E-state index is 0.822. The summed E-state index contributed by atoms with van der Waals surface area (Å²) in [5.74, 6) is 0.822. The lowest BCUT2D eigenvalue weighted by atomic mass is 10.0. The molecule has 0 aromatic carbocycles. The van der Waals surface area contributed by atoms with Crippen LogP contribution in [-0.2, 0) is 0 Å². The Bertz CT molecular complexity index is 180. The molecule has 0 saturated heterocycles. The average molecular weight is 266 g/mol. The van der Waals surface area contributed by atoms with E-state index in [2.05, 4.69) is 32.9 Å². The molecule has 0 bridgehead atoms. The maximum Gasteiger partial charge on any atom is -0.0351 e. The van der Waals surface area contributed by atoms with Crippen LogP contribution in [-0.4, -0.2) is 0 Å². The van der Waals surface area contributed by atoms with Crippen LogP contribution in [0, 0.1) is 12.8 Å². The van der Waals surface area contributed by atoms with Crippen molar-refractivity contribution in [3.63, 3.8) is 0 Å². The summed E-state index contributed by atoms with van der Waals surface area (Å²) in [6.45, 7) is 8.55. The van der Waals surface area contributed by atoms with Gasteiger partial charge >= 0.3 is 0 Å². The molecule has 19 heavy (non-hydrogen) atoms. The Labute approximate surface area is 123 Å². The first-order valence-corrected chi connectivity index (χ1v) is 8.75. The summed E-state index contributed by atoms with van der Waals surface area (Å²) in [4.78, 5) is 0. The monoisotopic (exact) mass is 265 g/mol. The van der Waals surface area contributed by atoms with Crippen molar-refractivity contribution in [2.45, 2.75) is 97.3 Å². The van der Waals surface area contributed by atoms with Crippen LogP contribution < -0.4 is 0 Å². The molecule has 0 aliphatic rings. The summed E-state index contributed by atoms with van der Waals surface area (Å²) in [7, 11) is 0. The molecule has 113 valence electrons. The van der Waals surface area contributed by atoms with Crippen LogP contribution in [0.3, 0.4) is 0 Å². The first kappa shape index (κ1) is 18.7. The van der Waals surface area contributed by atoms with E-state index in [0.29, 0.717) is 0 Å². The zero-order valence-electron chi connectivity index (χ0n) is 13.6. The lowest BCUT2D eigenvalue weighted by molar-refractivity contribution is 0.495. The Morgan fingerprint density at radius 2 is 1.32 bits per heavy atom. The van der Waals surface area contributed by atoms with Gasteiger partial charge in [-0.15, -0.1) is 0 Å². The lowest BCUT2D eigenvalue weighted by Crippen LogP contribution is -1.91. The second-order valence-corrected chi connectivity index (χ2v) is 6.06. The van der Waals surface area contributed by atoms with Crippen molar-refractivity contribution in [2.24, 2.45) is 5.92 Å². The van der Waals surface area contributed by atoms with Gasteiger partial charge in [0.25, 0.3) is 0 Å². The summed E-state index contributed by atoms with van der Waals surface area (Å²) in [5.41, 5.74) is 0. The van der Waals surface area contributed by atoms with E-state index in [9.17, 15) is 0 Å². The molecule has 0 aliphatic carbocycles.